The molecule has 0 amide bonds. The number of pyridine rings is 1. The lowest BCUT2D eigenvalue weighted by Gasteiger charge is -2.18. The van der Waals surface area contributed by atoms with Gasteiger partial charge >= 0.3 is 0 Å². The Hall–Kier alpha value is -0.890. The molecule has 1 aromatic rings. The Morgan fingerprint density at radius 2 is 2.12 bits per heavy atom. The van der Waals surface area contributed by atoms with Gasteiger partial charge in [-0.05, 0) is 37.8 Å². The fourth-order valence-corrected chi connectivity index (χ4v) is 1.84. The summed E-state index contributed by atoms with van der Waals surface area (Å²) < 4.78 is 0. The Bertz CT molecular complexity index is 309. The highest BCUT2D eigenvalue weighted by molar-refractivity contribution is 5.17. The molecule has 1 heterocycles. The van der Waals surface area contributed by atoms with Crippen molar-refractivity contribution in [3.8, 4) is 0 Å². The zero-order valence-corrected chi connectivity index (χ0v) is 11.0. The second-order valence-electron chi connectivity index (χ2n) is 4.78. The predicted octanol–water partition coefficient (Wildman–Crippen LogP) is 3.30. The summed E-state index contributed by atoms with van der Waals surface area (Å²) in [6.45, 7) is 9.82. The first-order valence-electron chi connectivity index (χ1n) is 6.27. The van der Waals surface area contributed by atoms with E-state index in [1.165, 1.54) is 18.4 Å². The summed E-state index contributed by atoms with van der Waals surface area (Å²) in [6.07, 6.45) is 4.36. The molecule has 0 aliphatic rings. The van der Waals surface area contributed by atoms with Crippen molar-refractivity contribution in [2.24, 2.45) is 5.92 Å². The van der Waals surface area contributed by atoms with Crippen molar-refractivity contribution in [2.45, 2.75) is 53.1 Å². The molecular formula is C14H24N2. The number of aryl methyl sites for hydroxylation is 1. The number of nitrogens with zero attached hydrogens (tertiary/aromatic N) is 1. The third-order valence-electron chi connectivity index (χ3n) is 3.21. The van der Waals surface area contributed by atoms with Gasteiger partial charge in [0.05, 0.1) is 0 Å². The van der Waals surface area contributed by atoms with Crippen LogP contribution < -0.4 is 5.32 Å². The molecule has 1 N–H and O–H groups in total. The average molecular weight is 220 g/mol. The molecule has 2 unspecified atom stereocenters. The van der Waals surface area contributed by atoms with Gasteiger partial charge in [0, 0.05) is 24.5 Å². The molecule has 0 saturated heterocycles. The maximum absolute atomic E-state index is 4.29. The van der Waals surface area contributed by atoms with E-state index in [9.17, 15) is 0 Å². The third-order valence-corrected chi connectivity index (χ3v) is 3.21. The van der Waals surface area contributed by atoms with Crippen molar-refractivity contribution in [3.63, 3.8) is 0 Å². The Morgan fingerprint density at radius 1 is 1.38 bits per heavy atom. The molecule has 0 spiro atoms. The highest BCUT2D eigenvalue weighted by atomic mass is 14.9. The third kappa shape index (κ3) is 4.31. The van der Waals surface area contributed by atoms with Crippen LogP contribution in [0.15, 0.2) is 18.3 Å². The van der Waals surface area contributed by atoms with Crippen LogP contribution in [0, 0.1) is 12.8 Å². The normalized spacial score (nSPS) is 14.8. The highest BCUT2D eigenvalue weighted by Gasteiger charge is 2.07. The van der Waals surface area contributed by atoms with Gasteiger partial charge in [-0.3, -0.25) is 4.98 Å². The molecule has 1 aromatic heterocycles. The summed E-state index contributed by atoms with van der Waals surface area (Å²) in [7, 11) is 0. The zero-order valence-electron chi connectivity index (χ0n) is 11.0. The smallest absolute Gasteiger partial charge is 0.0417 e. The Balaban J connectivity index is 2.37. The van der Waals surface area contributed by atoms with Crippen molar-refractivity contribution in [2.75, 3.05) is 0 Å². The molecule has 0 radical (unpaired) electrons. The van der Waals surface area contributed by atoms with E-state index in [0.717, 1.165) is 18.2 Å². The van der Waals surface area contributed by atoms with Gasteiger partial charge in [0.2, 0.25) is 0 Å². The van der Waals surface area contributed by atoms with Gasteiger partial charge in [-0.1, -0.05) is 26.3 Å². The van der Waals surface area contributed by atoms with Gasteiger partial charge in [0.15, 0.2) is 0 Å². The quantitative estimate of drug-likeness (QED) is 0.795. The van der Waals surface area contributed by atoms with Crippen molar-refractivity contribution in [3.05, 3.63) is 29.6 Å². The van der Waals surface area contributed by atoms with E-state index in [4.69, 9.17) is 0 Å². The summed E-state index contributed by atoms with van der Waals surface area (Å²) in [6, 6.07) is 4.73. The minimum Gasteiger partial charge on any atom is -0.310 e. The minimum atomic E-state index is 0.578. The first-order valence-corrected chi connectivity index (χ1v) is 6.27. The Labute approximate surface area is 99.5 Å². The number of aromatic nitrogens is 1. The molecule has 0 bridgehead atoms. The van der Waals surface area contributed by atoms with Crippen LogP contribution in [0.4, 0.5) is 0 Å². The molecule has 0 fully saturated rings. The monoisotopic (exact) mass is 220 g/mol. The van der Waals surface area contributed by atoms with E-state index in [2.05, 4.69) is 44.1 Å². The second-order valence-corrected chi connectivity index (χ2v) is 4.78. The van der Waals surface area contributed by atoms with Gasteiger partial charge in [-0.15, -0.1) is 0 Å². The van der Waals surface area contributed by atoms with Gasteiger partial charge in [-0.25, -0.2) is 0 Å². The molecular weight excluding hydrogens is 196 g/mol. The molecule has 0 saturated carbocycles. The van der Waals surface area contributed by atoms with E-state index in [-0.39, 0.29) is 0 Å². The first kappa shape index (κ1) is 13.2. The van der Waals surface area contributed by atoms with Crippen LogP contribution in [0.25, 0.3) is 0 Å². The van der Waals surface area contributed by atoms with Crippen molar-refractivity contribution in [1.82, 2.24) is 10.3 Å². The first-order chi connectivity index (χ1) is 7.63. The summed E-state index contributed by atoms with van der Waals surface area (Å²) in [4.78, 5) is 4.29. The van der Waals surface area contributed by atoms with Gasteiger partial charge in [0.1, 0.15) is 0 Å². The molecule has 16 heavy (non-hydrogen) atoms. The molecule has 0 aliphatic carbocycles. The largest absolute Gasteiger partial charge is 0.310 e. The predicted molar refractivity (Wildman–Crippen MR) is 69.3 cm³/mol. The van der Waals surface area contributed by atoms with E-state index < -0.39 is 0 Å². The summed E-state index contributed by atoms with van der Waals surface area (Å²) >= 11 is 0. The van der Waals surface area contributed by atoms with Crippen LogP contribution in [0.5, 0.6) is 0 Å². The lowest BCUT2D eigenvalue weighted by atomic mass is 10.0. The van der Waals surface area contributed by atoms with E-state index in [0.29, 0.717) is 6.04 Å². The molecule has 2 nitrogen and oxygen atoms in total. The molecule has 2 heteroatoms. The van der Waals surface area contributed by atoms with Gasteiger partial charge in [0.25, 0.3) is 0 Å². The number of hydrogen-bond donors (Lipinski definition) is 1. The Morgan fingerprint density at radius 3 is 2.75 bits per heavy atom. The number of hydrogen-bond acceptors (Lipinski definition) is 2. The minimum absolute atomic E-state index is 0.578. The van der Waals surface area contributed by atoms with E-state index in [1.54, 1.807) is 0 Å². The molecule has 90 valence electrons. The SMILES string of the molecule is CCC(C)CC(C)NCc1cccnc1C. The van der Waals surface area contributed by atoms with Gasteiger partial charge in [-0.2, -0.15) is 0 Å². The molecule has 2 atom stereocenters. The summed E-state index contributed by atoms with van der Waals surface area (Å²) in [5.41, 5.74) is 2.43. The van der Waals surface area contributed by atoms with Crippen molar-refractivity contribution < 1.29 is 0 Å². The highest BCUT2D eigenvalue weighted by Crippen LogP contribution is 2.10. The zero-order chi connectivity index (χ0) is 12.0. The van der Waals surface area contributed by atoms with Crippen LogP contribution in [0.3, 0.4) is 0 Å². The van der Waals surface area contributed by atoms with Crippen LogP contribution in [0.2, 0.25) is 0 Å². The maximum atomic E-state index is 4.29. The fourth-order valence-electron chi connectivity index (χ4n) is 1.84. The van der Waals surface area contributed by atoms with Gasteiger partial charge < -0.3 is 5.32 Å². The van der Waals surface area contributed by atoms with Crippen molar-refractivity contribution >= 4 is 0 Å². The van der Waals surface area contributed by atoms with Crippen LogP contribution in [0.1, 0.15) is 44.9 Å². The standard InChI is InChI=1S/C14H24N2/c1-5-11(2)9-12(3)16-10-14-7-6-8-15-13(14)4/h6-8,11-12,16H,5,9-10H2,1-4H3. The van der Waals surface area contributed by atoms with E-state index in [1.807, 2.05) is 12.3 Å². The Kier molecular flexibility index (Phi) is 5.47. The number of rotatable bonds is 6. The average Bonchev–Trinajstić information content (AvgIpc) is 2.28. The molecule has 1 rings (SSSR count). The van der Waals surface area contributed by atoms with Crippen LogP contribution in [-0.2, 0) is 6.54 Å². The summed E-state index contributed by atoms with van der Waals surface area (Å²) in [5, 5.41) is 3.56. The lowest BCUT2D eigenvalue weighted by Crippen LogP contribution is -2.27. The second kappa shape index (κ2) is 6.64. The molecule has 0 aromatic carbocycles. The molecule has 0 aliphatic heterocycles. The topological polar surface area (TPSA) is 24.9 Å². The van der Waals surface area contributed by atoms with Crippen LogP contribution in [-0.4, -0.2) is 11.0 Å². The van der Waals surface area contributed by atoms with Crippen LogP contribution >= 0.6 is 0 Å². The maximum Gasteiger partial charge on any atom is 0.0417 e. The summed E-state index contributed by atoms with van der Waals surface area (Å²) in [5.74, 6) is 0.803. The lowest BCUT2D eigenvalue weighted by molar-refractivity contribution is 0.411. The van der Waals surface area contributed by atoms with Crippen molar-refractivity contribution in [1.29, 1.82) is 0 Å². The fraction of sp³-hybridized carbons (Fsp3) is 0.643. The van der Waals surface area contributed by atoms with E-state index >= 15 is 0 Å². The number of nitrogens with one attached hydrogen (secondary N) is 1.